The van der Waals surface area contributed by atoms with E-state index in [1.54, 1.807) is 23.1 Å². The first-order valence-electron chi connectivity index (χ1n) is 8.91. The largest absolute Gasteiger partial charge is 0.493 e. The van der Waals surface area contributed by atoms with E-state index in [9.17, 15) is 14.4 Å². The predicted molar refractivity (Wildman–Crippen MR) is 119 cm³/mol. The summed E-state index contributed by atoms with van der Waals surface area (Å²) in [4.78, 5) is 40.2. The van der Waals surface area contributed by atoms with Crippen molar-refractivity contribution in [2.75, 3.05) is 33.4 Å². The number of hydrogen-bond acceptors (Lipinski definition) is 6. The van der Waals surface area contributed by atoms with Gasteiger partial charge in [0.1, 0.15) is 13.2 Å². The van der Waals surface area contributed by atoms with Crippen LogP contribution in [0.4, 0.5) is 4.79 Å². The molecule has 0 aromatic heterocycles. The van der Waals surface area contributed by atoms with Crippen molar-refractivity contribution < 1.29 is 23.9 Å². The van der Waals surface area contributed by atoms with Gasteiger partial charge in [-0.1, -0.05) is 5.92 Å². The van der Waals surface area contributed by atoms with E-state index in [1.165, 1.54) is 7.11 Å². The number of carbonyl (C=O) groups excluding carboxylic acids is 3. The van der Waals surface area contributed by atoms with Crippen molar-refractivity contribution in [1.29, 1.82) is 0 Å². The highest BCUT2D eigenvalue weighted by atomic mass is 127. The summed E-state index contributed by atoms with van der Waals surface area (Å²) in [6.07, 6.45) is 8.76. The molecule has 1 aromatic carbocycles. The van der Waals surface area contributed by atoms with Crippen molar-refractivity contribution in [2.24, 2.45) is 0 Å². The second kappa shape index (κ2) is 9.54. The standard InChI is InChI=1S/C20H19IN2O5S/c1-3-8-28-18-14(21)9-13(10-15(18)27-2)11-16-19(25)23(20(26)29-16)12-17(24)22-6-4-5-7-22/h1,9-11H,4-8,12H2,2H3/b16-11-. The molecule has 29 heavy (non-hydrogen) atoms. The van der Waals surface area contributed by atoms with Crippen LogP contribution in [-0.4, -0.2) is 60.2 Å². The van der Waals surface area contributed by atoms with Crippen molar-refractivity contribution >= 4 is 57.5 Å². The average molecular weight is 526 g/mol. The number of thioether (sulfide) groups is 1. The molecule has 0 atom stereocenters. The number of rotatable bonds is 6. The van der Waals surface area contributed by atoms with Gasteiger partial charge in [-0.25, -0.2) is 0 Å². The Morgan fingerprint density at radius 3 is 2.72 bits per heavy atom. The molecule has 2 saturated heterocycles. The van der Waals surface area contributed by atoms with E-state index in [-0.39, 0.29) is 24.0 Å². The third-order valence-corrected chi connectivity index (χ3v) is 6.18. The second-order valence-electron chi connectivity index (χ2n) is 6.38. The number of likely N-dealkylation sites (tertiary alicyclic amines) is 1. The minimum Gasteiger partial charge on any atom is -0.493 e. The first-order chi connectivity index (χ1) is 13.9. The average Bonchev–Trinajstić information content (AvgIpc) is 3.32. The van der Waals surface area contributed by atoms with E-state index in [2.05, 4.69) is 28.5 Å². The molecule has 3 amide bonds. The highest BCUT2D eigenvalue weighted by molar-refractivity contribution is 14.1. The van der Waals surface area contributed by atoms with E-state index in [4.69, 9.17) is 15.9 Å². The summed E-state index contributed by atoms with van der Waals surface area (Å²) in [6, 6.07) is 3.51. The first-order valence-corrected chi connectivity index (χ1v) is 10.8. The zero-order valence-electron chi connectivity index (χ0n) is 15.8. The number of hydrogen-bond donors (Lipinski definition) is 0. The maximum Gasteiger partial charge on any atom is 0.294 e. The lowest BCUT2D eigenvalue weighted by Gasteiger charge is -2.18. The number of imide groups is 1. The molecular weight excluding hydrogens is 507 g/mol. The van der Waals surface area contributed by atoms with E-state index >= 15 is 0 Å². The maximum absolute atomic E-state index is 12.7. The third-order valence-electron chi connectivity index (χ3n) is 4.48. The van der Waals surface area contributed by atoms with Crippen molar-refractivity contribution in [3.05, 3.63) is 26.2 Å². The topological polar surface area (TPSA) is 76.2 Å². The summed E-state index contributed by atoms with van der Waals surface area (Å²) in [5.41, 5.74) is 0.677. The van der Waals surface area contributed by atoms with Crippen molar-refractivity contribution in [3.63, 3.8) is 0 Å². The Labute approximate surface area is 186 Å². The van der Waals surface area contributed by atoms with Crippen LogP contribution < -0.4 is 9.47 Å². The molecule has 0 spiro atoms. The molecule has 3 rings (SSSR count). The number of terminal acetylenes is 1. The normalized spacial score (nSPS) is 17.8. The van der Waals surface area contributed by atoms with Crippen LogP contribution >= 0.6 is 34.4 Å². The molecule has 0 saturated carbocycles. The lowest BCUT2D eigenvalue weighted by atomic mass is 10.2. The Kier molecular flexibility index (Phi) is 7.08. The Morgan fingerprint density at radius 2 is 2.07 bits per heavy atom. The molecule has 2 aliphatic heterocycles. The number of amides is 3. The van der Waals surface area contributed by atoms with Gasteiger partial charge in [0.25, 0.3) is 11.1 Å². The summed E-state index contributed by atoms with van der Waals surface area (Å²) in [5, 5.41) is -0.440. The summed E-state index contributed by atoms with van der Waals surface area (Å²) >= 11 is 2.92. The van der Waals surface area contributed by atoms with Gasteiger partial charge >= 0.3 is 0 Å². The fourth-order valence-corrected chi connectivity index (χ4v) is 4.69. The van der Waals surface area contributed by atoms with Gasteiger partial charge in [-0.15, -0.1) is 6.42 Å². The van der Waals surface area contributed by atoms with Crippen LogP contribution in [0.3, 0.4) is 0 Å². The Balaban J connectivity index is 1.79. The van der Waals surface area contributed by atoms with E-state index in [0.717, 1.165) is 33.1 Å². The number of benzene rings is 1. The molecule has 9 heteroatoms. The molecule has 0 radical (unpaired) electrons. The molecule has 7 nitrogen and oxygen atoms in total. The minimum atomic E-state index is -0.464. The van der Waals surface area contributed by atoms with Gasteiger partial charge in [0, 0.05) is 13.1 Å². The molecule has 152 valence electrons. The van der Waals surface area contributed by atoms with E-state index in [0.29, 0.717) is 30.2 Å². The quantitative estimate of drug-likeness (QED) is 0.323. The monoisotopic (exact) mass is 526 g/mol. The fraction of sp³-hybridized carbons (Fsp3) is 0.350. The van der Waals surface area contributed by atoms with E-state index in [1.807, 2.05) is 0 Å². The van der Waals surface area contributed by atoms with Crippen LogP contribution in [-0.2, 0) is 9.59 Å². The van der Waals surface area contributed by atoms with Crippen LogP contribution in [0, 0.1) is 15.9 Å². The molecule has 0 N–H and O–H groups in total. The van der Waals surface area contributed by atoms with Gasteiger partial charge in [-0.3, -0.25) is 19.3 Å². The fourth-order valence-electron chi connectivity index (χ4n) is 3.07. The molecule has 2 heterocycles. The zero-order chi connectivity index (χ0) is 21.0. The smallest absolute Gasteiger partial charge is 0.294 e. The van der Waals surface area contributed by atoms with Gasteiger partial charge in [-0.2, -0.15) is 0 Å². The predicted octanol–water partition coefficient (Wildman–Crippen LogP) is 2.97. The highest BCUT2D eigenvalue weighted by Gasteiger charge is 2.37. The van der Waals surface area contributed by atoms with Crippen LogP contribution in [0.1, 0.15) is 18.4 Å². The molecular formula is C20H19IN2O5S. The minimum absolute atomic E-state index is 0.107. The van der Waals surface area contributed by atoms with Crippen LogP contribution in [0.2, 0.25) is 0 Å². The Hall–Kier alpha value is -2.19. The number of halogens is 1. The lowest BCUT2D eigenvalue weighted by Crippen LogP contribution is -2.40. The first kappa shape index (κ1) is 21.5. The molecule has 1 aromatic rings. The number of methoxy groups -OCH3 is 1. The highest BCUT2D eigenvalue weighted by Crippen LogP contribution is 2.37. The number of carbonyl (C=O) groups is 3. The van der Waals surface area contributed by atoms with Crippen LogP contribution in [0.25, 0.3) is 6.08 Å². The van der Waals surface area contributed by atoms with Crippen molar-refractivity contribution in [1.82, 2.24) is 9.80 Å². The van der Waals surface area contributed by atoms with Crippen molar-refractivity contribution in [2.45, 2.75) is 12.8 Å². The second-order valence-corrected chi connectivity index (χ2v) is 8.54. The summed E-state index contributed by atoms with van der Waals surface area (Å²) < 4.78 is 11.6. The zero-order valence-corrected chi connectivity index (χ0v) is 18.7. The molecule has 2 fully saturated rings. The number of ether oxygens (including phenoxy) is 2. The lowest BCUT2D eigenvalue weighted by molar-refractivity contribution is -0.135. The Bertz CT molecular complexity index is 918. The third kappa shape index (κ3) is 4.87. The molecule has 0 unspecified atom stereocenters. The van der Waals surface area contributed by atoms with Gasteiger partial charge in [-0.05, 0) is 71.0 Å². The Morgan fingerprint density at radius 1 is 1.34 bits per heavy atom. The van der Waals surface area contributed by atoms with Crippen LogP contribution in [0.5, 0.6) is 11.5 Å². The number of nitrogens with zero attached hydrogens (tertiary/aromatic N) is 2. The van der Waals surface area contributed by atoms with Crippen LogP contribution in [0.15, 0.2) is 17.0 Å². The summed E-state index contributed by atoms with van der Waals surface area (Å²) in [7, 11) is 1.51. The SMILES string of the molecule is C#CCOc1c(I)cc(/C=C2\SC(=O)N(CC(=O)N3CCCC3)C2=O)cc1OC. The van der Waals surface area contributed by atoms with Gasteiger partial charge in [0.05, 0.1) is 15.6 Å². The summed E-state index contributed by atoms with van der Waals surface area (Å²) in [5.74, 6) is 2.74. The molecule has 2 aliphatic rings. The van der Waals surface area contributed by atoms with Gasteiger partial charge in [0.2, 0.25) is 5.91 Å². The summed E-state index contributed by atoms with van der Waals surface area (Å²) in [6.45, 7) is 1.24. The van der Waals surface area contributed by atoms with Gasteiger partial charge < -0.3 is 14.4 Å². The molecule has 0 aliphatic carbocycles. The van der Waals surface area contributed by atoms with E-state index < -0.39 is 11.1 Å². The maximum atomic E-state index is 12.7. The molecule has 0 bridgehead atoms. The van der Waals surface area contributed by atoms with Crippen molar-refractivity contribution in [3.8, 4) is 23.8 Å². The van der Waals surface area contributed by atoms with Gasteiger partial charge in [0.15, 0.2) is 11.5 Å².